The van der Waals surface area contributed by atoms with Crippen molar-refractivity contribution < 1.29 is 23.7 Å². The van der Waals surface area contributed by atoms with Crippen molar-refractivity contribution in [2.24, 2.45) is 10.9 Å². The number of hydrogen-bond donors (Lipinski definition) is 2. The standard InChI is InChI=1S/C28H32N4O5S/c1-18-13-21-11-12-36-27(31-25(33)19-7-5-4-6-8-19)32-28(21,17-37-18)26-30-24(16-38-26)29-15-20-9-10-22(34-2)14-23(20)35-3/h4-10,14,16,18,21,29H,11-13,15,17H2,1-3H3,(H,31,32,33)/t18-,21+,28-/m0/s1. The van der Waals surface area contributed by atoms with Gasteiger partial charge in [0, 0.05) is 29.1 Å². The minimum Gasteiger partial charge on any atom is -0.497 e. The fraction of sp³-hybridized carbons (Fsp3) is 0.393. The molecule has 0 radical (unpaired) electrons. The molecule has 3 heterocycles. The van der Waals surface area contributed by atoms with Gasteiger partial charge in [0.15, 0.2) is 0 Å². The van der Waals surface area contributed by atoms with Crippen molar-refractivity contribution in [1.29, 1.82) is 0 Å². The number of nitrogens with one attached hydrogen (secondary N) is 2. The van der Waals surface area contributed by atoms with E-state index in [1.165, 1.54) is 11.3 Å². The van der Waals surface area contributed by atoms with E-state index in [2.05, 4.69) is 17.6 Å². The van der Waals surface area contributed by atoms with Crippen LogP contribution in [0.3, 0.4) is 0 Å². The van der Waals surface area contributed by atoms with Crippen LogP contribution >= 0.6 is 11.3 Å². The fourth-order valence-electron chi connectivity index (χ4n) is 4.89. The first-order valence-corrected chi connectivity index (χ1v) is 13.5. The van der Waals surface area contributed by atoms with Gasteiger partial charge in [-0.2, -0.15) is 0 Å². The molecule has 0 spiro atoms. The molecule has 1 aromatic heterocycles. The Labute approximate surface area is 226 Å². The number of thiazole rings is 1. The predicted molar refractivity (Wildman–Crippen MR) is 146 cm³/mol. The van der Waals surface area contributed by atoms with Crippen LogP contribution in [0.25, 0.3) is 0 Å². The van der Waals surface area contributed by atoms with E-state index < -0.39 is 5.54 Å². The molecular weight excluding hydrogens is 504 g/mol. The lowest BCUT2D eigenvalue weighted by Gasteiger charge is -2.40. The number of amidine groups is 1. The molecule has 10 heteroatoms. The number of benzene rings is 2. The molecular formula is C28H32N4O5S. The van der Waals surface area contributed by atoms with Gasteiger partial charge in [0.2, 0.25) is 0 Å². The summed E-state index contributed by atoms with van der Waals surface area (Å²) in [5, 5.41) is 9.08. The van der Waals surface area contributed by atoms with E-state index in [4.69, 9.17) is 28.9 Å². The maximum absolute atomic E-state index is 12.9. The number of fused-ring (bicyclic) bond motifs is 1. The van der Waals surface area contributed by atoms with Gasteiger partial charge in [0.1, 0.15) is 27.9 Å². The van der Waals surface area contributed by atoms with Gasteiger partial charge in [-0.15, -0.1) is 11.3 Å². The molecule has 200 valence electrons. The fourth-order valence-corrected chi connectivity index (χ4v) is 5.87. The van der Waals surface area contributed by atoms with Gasteiger partial charge in [-0.05, 0) is 49.9 Å². The van der Waals surface area contributed by atoms with E-state index in [0.29, 0.717) is 25.3 Å². The molecule has 0 saturated carbocycles. The van der Waals surface area contributed by atoms with Gasteiger partial charge >= 0.3 is 0 Å². The third-order valence-electron chi connectivity index (χ3n) is 6.97. The molecule has 1 saturated heterocycles. The minimum absolute atomic E-state index is 0.115. The van der Waals surface area contributed by atoms with Crippen LogP contribution in [-0.4, -0.2) is 50.5 Å². The molecule has 38 heavy (non-hydrogen) atoms. The van der Waals surface area contributed by atoms with Crippen LogP contribution in [0.5, 0.6) is 11.5 Å². The van der Waals surface area contributed by atoms with E-state index in [0.717, 1.165) is 40.7 Å². The maximum atomic E-state index is 12.9. The number of ether oxygens (including phenoxy) is 4. The predicted octanol–water partition coefficient (Wildman–Crippen LogP) is 4.60. The molecule has 0 aliphatic carbocycles. The molecule has 2 aliphatic rings. The lowest BCUT2D eigenvalue weighted by atomic mass is 9.78. The number of hydrogen-bond acceptors (Lipinski definition) is 9. The maximum Gasteiger partial charge on any atom is 0.292 e. The first-order valence-electron chi connectivity index (χ1n) is 12.6. The second-order valence-electron chi connectivity index (χ2n) is 9.42. The zero-order valence-corrected chi connectivity index (χ0v) is 22.5. The number of carbonyl (C=O) groups excluding carboxylic acids is 1. The first kappa shape index (κ1) is 26.0. The van der Waals surface area contributed by atoms with Crippen molar-refractivity contribution in [2.75, 3.05) is 32.8 Å². The van der Waals surface area contributed by atoms with Crippen molar-refractivity contribution >= 4 is 29.1 Å². The minimum atomic E-state index is -0.745. The summed E-state index contributed by atoms with van der Waals surface area (Å²) < 4.78 is 22.9. The molecule has 0 bridgehead atoms. The Kier molecular flexibility index (Phi) is 7.80. The molecule has 9 nitrogen and oxygen atoms in total. The van der Waals surface area contributed by atoms with Crippen molar-refractivity contribution in [3.8, 4) is 11.5 Å². The SMILES string of the molecule is COc1ccc(CNc2csc([C@]34CO[C@@H](C)C[C@H]3CCOC(NC(=O)c3ccccc3)=N4)n2)c(OC)c1. The Balaban J connectivity index is 1.40. The Morgan fingerprint density at radius 1 is 1.18 bits per heavy atom. The average Bonchev–Trinajstić information content (AvgIpc) is 3.35. The van der Waals surface area contributed by atoms with Gasteiger partial charge in [0.25, 0.3) is 11.9 Å². The molecule has 1 fully saturated rings. The zero-order valence-electron chi connectivity index (χ0n) is 21.7. The van der Waals surface area contributed by atoms with Crippen molar-refractivity contribution in [3.05, 3.63) is 70.0 Å². The number of rotatable bonds is 7. The van der Waals surface area contributed by atoms with Crippen LogP contribution in [0, 0.1) is 5.92 Å². The monoisotopic (exact) mass is 536 g/mol. The van der Waals surface area contributed by atoms with Gasteiger partial charge in [0.05, 0.1) is 33.5 Å². The summed E-state index contributed by atoms with van der Waals surface area (Å²) >= 11 is 1.53. The van der Waals surface area contributed by atoms with E-state index in [1.807, 2.05) is 41.8 Å². The highest BCUT2D eigenvalue weighted by Gasteiger charge is 2.49. The lowest BCUT2D eigenvalue weighted by Crippen LogP contribution is -2.46. The van der Waals surface area contributed by atoms with Gasteiger partial charge in [-0.25, -0.2) is 9.98 Å². The number of carbonyl (C=O) groups is 1. The van der Waals surface area contributed by atoms with E-state index in [-0.39, 0.29) is 24.0 Å². The number of aliphatic imine (C=N–C) groups is 1. The highest BCUT2D eigenvalue weighted by atomic mass is 32.1. The van der Waals surface area contributed by atoms with Crippen LogP contribution in [0.2, 0.25) is 0 Å². The smallest absolute Gasteiger partial charge is 0.292 e. The van der Waals surface area contributed by atoms with E-state index in [1.54, 1.807) is 26.4 Å². The largest absolute Gasteiger partial charge is 0.497 e. The highest BCUT2D eigenvalue weighted by molar-refractivity contribution is 7.10. The molecule has 2 aromatic carbocycles. The van der Waals surface area contributed by atoms with Crippen molar-refractivity contribution in [1.82, 2.24) is 10.3 Å². The number of nitrogens with zero attached hydrogens (tertiary/aromatic N) is 2. The number of amides is 1. The second kappa shape index (κ2) is 11.4. The third kappa shape index (κ3) is 5.46. The molecule has 2 aliphatic heterocycles. The Bertz CT molecular complexity index is 1300. The molecule has 1 amide bonds. The summed E-state index contributed by atoms with van der Waals surface area (Å²) in [6.45, 7) is 3.44. The molecule has 5 rings (SSSR count). The van der Waals surface area contributed by atoms with E-state index >= 15 is 0 Å². The number of aromatic nitrogens is 1. The zero-order chi connectivity index (χ0) is 26.5. The summed E-state index contributed by atoms with van der Waals surface area (Å²) in [6.07, 6.45) is 1.73. The normalized spacial score (nSPS) is 22.8. The van der Waals surface area contributed by atoms with Crippen molar-refractivity contribution in [3.63, 3.8) is 0 Å². The topological polar surface area (TPSA) is 103 Å². The lowest BCUT2D eigenvalue weighted by molar-refractivity contribution is -0.0540. The number of anilines is 1. The van der Waals surface area contributed by atoms with Crippen LogP contribution in [-0.2, 0) is 21.6 Å². The first-order chi connectivity index (χ1) is 18.5. The quantitative estimate of drug-likeness (QED) is 0.455. The van der Waals surface area contributed by atoms with E-state index in [9.17, 15) is 4.79 Å². The number of methoxy groups -OCH3 is 2. The summed E-state index contributed by atoms with van der Waals surface area (Å²) in [4.78, 5) is 22.8. The second-order valence-corrected chi connectivity index (χ2v) is 10.3. The van der Waals surface area contributed by atoms with Gasteiger partial charge < -0.3 is 24.3 Å². The van der Waals surface area contributed by atoms with Gasteiger partial charge in [-0.1, -0.05) is 18.2 Å². The van der Waals surface area contributed by atoms with Crippen molar-refractivity contribution in [2.45, 2.75) is 38.0 Å². The summed E-state index contributed by atoms with van der Waals surface area (Å²) in [6, 6.07) is 15.0. The summed E-state index contributed by atoms with van der Waals surface area (Å²) in [5.74, 6) is 2.12. The Morgan fingerprint density at radius 3 is 2.82 bits per heavy atom. The Hall–Kier alpha value is -3.63. The Morgan fingerprint density at radius 2 is 2.03 bits per heavy atom. The van der Waals surface area contributed by atoms with Crippen LogP contribution in [0.1, 0.15) is 40.7 Å². The average molecular weight is 537 g/mol. The summed E-state index contributed by atoms with van der Waals surface area (Å²) in [7, 11) is 3.27. The van der Waals surface area contributed by atoms with Gasteiger partial charge in [-0.3, -0.25) is 10.1 Å². The van der Waals surface area contributed by atoms with Crippen LogP contribution < -0.4 is 20.1 Å². The van der Waals surface area contributed by atoms with Crippen LogP contribution in [0.15, 0.2) is 58.9 Å². The molecule has 3 atom stereocenters. The molecule has 3 aromatic rings. The highest BCUT2D eigenvalue weighted by Crippen LogP contribution is 2.45. The molecule has 0 unspecified atom stereocenters. The summed E-state index contributed by atoms with van der Waals surface area (Å²) in [5.41, 5.74) is 0.780. The van der Waals surface area contributed by atoms with Crippen LogP contribution in [0.4, 0.5) is 5.82 Å². The third-order valence-corrected chi connectivity index (χ3v) is 7.98. The molecule has 2 N–H and O–H groups in total.